The van der Waals surface area contributed by atoms with Gasteiger partial charge >= 0.3 is 7.12 Å². The standard InChI is InChI=1S/C23H27BN8O4/c1-22(2)23(3,4)36-24(35-22)13-7-11(33-5)8-14(34-6)15(13)18-16-17(27)12(9-25)19(28)31-20(16)32-21(30-18)29-10-26/h7-8,18H,1-6H3,(H6,27,28,29,30,31,32). The number of hydrogen-bond donors (Lipinski definition) is 4. The van der Waals surface area contributed by atoms with Crippen LogP contribution in [0.4, 0.5) is 17.3 Å². The normalized spacial score (nSPS) is 19.3. The van der Waals surface area contributed by atoms with E-state index in [2.05, 4.69) is 20.6 Å². The van der Waals surface area contributed by atoms with Crippen LogP contribution in [0, 0.1) is 22.8 Å². The largest absolute Gasteiger partial charge is 0.497 e. The SMILES string of the molecule is COc1cc(OC)c(C2N=C(NC#N)Nc3nc(N)c(C#N)c(N)c32)c(B2OC(C)(C)C(C)(C)O2)c1. The second kappa shape index (κ2) is 8.79. The molecule has 1 saturated heterocycles. The van der Waals surface area contributed by atoms with Crippen LogP contribution in [-0.4, -0.2) is 43.5 Å². The number of ether oxygens (including phenoxy) is 2. The Morgan fingerprint density at radius 3 is 2.31 bits per heavy atom. The van der Waals surface area contributed by atoms with E-state index >= 15 is 0 Å². The zero-order valence-corrected chi connectivity index (χ0v) is 20.9. The van der Waals surface area contributed by atoms with Gasteiger partial charge in [0.05, 0.1) is 31.1 Å². The van der Waals surface area contributed by atoms with E-state index in [1.807, 2.05) is 40.0 Å². The van der Waals surface area contributed by atoms with Crippen LogP contribution in [0.5, 0.6) is 11.5 Å². The van der Waals surface area contributed by atoms with Crippen LogP contribution in [0.3, 0.4) is 0 Å². The molecule has 0 aliphatic carbocycles. The molecular formula is C23H27BN8O4. The summed E-state index contributed by atoms with van der Waals surface area (Å²) in [6, 6.07) is 4.61. The number of anilines is 3. The number of nitriles is 2. The van der Waals surface area contributed by atoms with Gasteiger partial charge in [-0.1, -0.05) is 0 Å². The molecule has 0 spiro atoms. The van der Waals surface area contributed by atoms with E-state index < -0.39 is 24.4 Å². The lowest BCUT2D eigenvalue weighted by atomic mass is 9.72. The van der Waals surface area contributed by atoms with Crippen molar-refractivity contribution in [1.29, 1.82) is 10.5 Å². The van der Waals surface area contributed by atoms with Gasteiger partial charge in [0.15, 0.2) is 6.19 Å². The highest BCUT2D eigenvalue weighted by Crippen LogP contribution is 2.45. The summed E-state index contributed by atoms with van der Waals surface area (Å²) < 4.78 is 24.0. The third-order valence-electron chi connectivity index (χ3n) is 6.74. The molecule has 2 aliphatic heterocycles. The quantitative estimate of drug-likeness (QED) is 0.276. The van der Waals surface area contributed by atoms with Crippen molar-refractivity contribution in [3.8, 4) is 23.8 Å². The van der Waals surface area contributed by atoms with Gasteiger partial charge in [0.1, 0.15) is 40.8 Å². The molecule has 0 saturated carbocycles. The Balaban J connectivity index is 2.03. The van der Waals surface area contributed by atoms with E-state index in [1.54, 1.807) is 19.2 Å². The maximum absolute atomic E-state index is 9.66. The molecule has 0 radical (unpaired) electrons. The molecule has 1 unspecified atom stereocenters. The van der Waals surface area contributed by atoms with Crippen LogP contribution in [0.15, 0.2) is 17.1 Å². The molecular weight excluding hydrogens is 463 g/mol. The summed E-state index contributed by atoms with van der Waals surface area (Å²) in [6.07, 6.45) is 1.84. The molecule has 12 nitrogen and oxygen atoms in total. The zero-order chi connectivity index (χ0) is 26.4. The summed E-state index contributed by atoms with van der Waals surface area (Å²) >= 11 is 0. The predicted molar refractivity (Wildman–Crippen MR) is 135 cm³/mol. The highest BCUT2D eigenvalue weighted by Gasteiger charge is 2.53. The Morgan fingerprint density at radius 1 is 1.08 bits per heavy atom. The van der Waals surface area contributed by atoms with Gasteiger partial charge in [-0.3, -0.25) is 5.32 Å². The molecule has 4 rings (SSSR count). The van der Waals surface area contributed by atoms with E-state index in [4.69, 9.17) is 30.2 Å². The Labute approximate surface area is 209 Å². The minimum absolute atomic E-state index is 0.0251. The predicted octanol–water partition coefficient (Wildman–Crippen LogP) is 1.38. The first-order valence-electron chi connectivity index (χ1n) is 11.1. The third-order valence-corrected chi connectivity index (χ3v) is 6.74. The van der Waals surface area contributed by atoms with Gasteiger partial charge in [-0.05, 0) is 39.2 Å². The van der Waals surface area contributed by atoms with Gasteiger partial charge in [-0.2, -0.15) is 10.5 Å². The van der Waals surface area contributed by atoms with Crippen molar-refractivity contribution in [3.05, 3.63) is 28.8 Å². The van der Waals surface area contributed by atoms with Crippen LogP contribution in [-0.2, 0) is 9.31 Å². The van der Waals surface area contributed by atoms with Crippen LogP contribution >= 0.6 is 0 Å². The van der Waals surface area contributed by atoms with Gasteiger partial charge in [0.25, 0.3) is 0 Å². The van der Waals surface area contributed by atoms with Crippen molar-refractivity contribution >= 4 is 35.9 Å². The highest BCUT2D eigenvalue weighted by atomic mass is 16.7. The fourth-order valence-electron chi connectivity index (χ4n) is 4.16. The molecule has 6 N–H and O–H groups in total. The number of nitrogens with two attached hydrogens (primary N) is 2. The second-order valence-electron chi connectivity index (χ2n) is 9.32. The maximum atomic E-state index is 9.66. The first kappa shape index (κ1) is 24.9. The molecule has 3 heterocycles. The summed E-state index contributed by atoms with van der Waals surface area (Å²) in [4.78, 5) is 9.01. The molecule has 36 heavy (non-hydrogen) atoms. The summed E-state index contributed by atoms with van der Waals surface area (Å²) in [7, 11) is 2.24. The lowest BCUT2D eigenvalue weighted by Gasteiger charge is -2.32. The van der Waals surface area contributed by atoms with Crippen LogP contribution in [0.1, 0.15) is 50.4 Å². The number of rotatable bonds is 4. The molecule has 0 amide bonds. The monoisotopic (exact) mass is 490 g/mol. The van der Waals surface area contributed by atoms with Gasteiger partial charge in [-0.25, -0.2) is 9.98 Å². The molecule has 1 aromatic heterocycles. The number of benzene rings is 1. The van der Waals surface area contributed by atoms with E-state index in [-0.39, 0.29) is 28.8 Å². The Kier molecular flexibility index (Phi) is 6.08. The molecule has 1 aromatic carbocycles. The lowest BCUT2D eigenvalue weighted by Crippen LogP contribution is -2.41. The minimum Gasteiger partial charge on any atom is -0.497 e. The van der Waals surface area contributed by atoms with Gasteiger partial charge in [0.2, 0.25) is 5.96 Å². The molecule has 2 aromatic rings. The van der Waals surface area contributed by atoms with Crippen molar-refractivity contribution in [1.82, 2.24) is 10.3 Å². The van der Waals surface area contributed by atoms with Crippen molar-refractivity contribution < 1.29 is 18.8 Å². The lowest BCUT2D eigenvalue weighted by molar-refractivity contribution is 0.00578. The first-order chi connectivity index (χ1) is 17.0. The van der Waals surface area contributed by atoms with Crippen LogP contribution < -0.4 is 37.0 Å². The first-order valence-corrected chi connectivity index (χ1v) is 11.1. The van der Waals surface area contributed by atoms with Gasteiger partial charge in [-0.15, -0.1) is 0 Å². The number of nitrogen functional groups attached to an aromatic ring is 2. The molecule has 1 fully saturated rings. The fraction of sp³-hybridized carbons (Fsp3) is 0.391. The van der Waals surface area contributed by atoms with Crippen molar-refractivity contribution in [3.63, 3.8) is 0 Å². The van der Waals surface area contributed by atoms with Gasteiger partial charge in [0, 0.05) is 17.2 Å². The van der Waals surface area contributed by atoms with Crippen molar-refractivity contribution in [2.45, 2.75) is 44.9 Å². The topological polar surface area (TPSA) is 186 Å². The zero-order valence-electron chi connectivity index (χ0n) is 20.9. The molecule has 186 valence electrons. The van der Waals surface area contributed by atoms with E-state index in [0.717, 1.165) is 0 Å². The average Bonchev–Trinajstić information content (AvgIpc) is 3.04. The van der Waals surface area contributed by atoms with Crippen LogP contribution in [0.2, 0.25) is 0 Å². The Hall–Kier alpha value is -4.20. The molecule has 2 aliphatic rings. The van der Waals surface area contributed by atoms with Crippen molar-refractivity contribution in [2.24, 2.45) is 4.99 Å². The van der Waals surface area contributed by atoms with Crippen molar-refractivity contribution in [2.75, 3.05) is 31.0 Å². The minimum atomic E-state index is -0.868. The number of hydrogen-bond acceptors (Lipinski definition) is 12. The Morgan fingerprint density at radius 2 is 1.75 bits per heavy atom. The number of aliphatic imine (C=N–C) groups is 1. The van der Waals surface area contributed by atoms with Crippen LogP contribution in [0.25, 0.3) is 0 Å². The molecule has 0 bridgehead atoms. The number of nitrogens with one attached hydrogen (secondary N) is 2. The summed E-state index contributed by atoms with van der Waals surface area (Å²) in [5, 5.41) is 24.3. The molecule has 13 heteroatoms. The third kappa shape index (κ3) is 3.88. The summed E-state index contributed by atoms with van der Waals surface area (Å²) in [5.41, 5.74) is 12.8. The second-order valence-corrected chi connectivity index (χ2v) is 9.32. The number of guanidine groups is 1. The number of pyridine rings is 1. The number of aromatic nitrogens is 1. The summed E-state index contributed by atoms with van der Waals surface area (Å²) in [6.45, 7) is 7.78. The maximum Gasteiger partial charge on any atom is 0.495 e. The van der Waals surface area contributed by atoms with Gasteiger partial charge < -0.3 is 35.6 Å². The van der Waals surface area contributed by atoms with E-state index in [0.29, 0.717) is 28.1 Å². The molecule has 1 atom stereocenters. The fourth-order valence-corrected chi connectivity index (χ4v) is 4.16. The number of methoxy groups -OCH3 is 2. The Bertz CT molecular complexity index is 1330. The van der Waals surface area contributed by atoms with E-state index in [1.165, 1.54) is 7.11 Å². The average molecular weight is 490 g/mol. The number of nitrogens with zero attached hydrogens (tertiary/aromatic N) is 4. The van der Waals surface area contributed by atoms with E-state index in [9.17, 15) is 10.5 Å². The highest BCUT2D eigenvalue weighted by molar-refractivity contribution is 6.63. The smallest absolute Gasteiger partial charge is 0.495 e. The summed E-state index contributed by atoms with van der Waals surface area (Å²) in [5.74, 6) is 1.23. The number of fused-ring (bicyclic) bond motifs is 1.